The molecule has 0 aliphatic heterocycles. The molecule has 1 rings (SSSR count). The molecule has 1 aromatic carbocycles. The molecule has 1 aromatic rings. The van der Waals surface area contributed by atoms with Gasteiger partial charge in [0, 0.05) is 10.2 Å². The van der Waals surface area contributed by atoms with E-state index >= 15 is 0 Å². The van der Waals surface area contributed by atoms with Gasteiger partial charge < -0.3 is 5.32 Å². The maximum absolute atomic E-state index is 11.6. The minimum atomic E-state index is -0.127. The Bertz CT molecular complexity index is 366. The Labute approximate surface area is 107 Å². The highest BCUT2D eigenvalue weighted by molar-refractivity contribution is 9.10. The van der Waals surface area contributed by atoms with E-state index in [4.69, 9.17) is 0 Å². The van der Waals surface area contributed by atoms with E-state index in [0.29, 0.717) is 0 Å². The summed E-state index contributed by atoms with van der Waals surface area (Å²) in [7, 11) is 0. The fourth-order valence-electron chi connectivity index (χ4n) is 1.08. The van der Waals surface area contributed by atoms with E-state index < -0.39 is 0 Å². The molecule has 0 radical (unpaired) electrons. The van der Waals surface area contributed by atoms with Gasteiger partial charge in [0.2, 0.25) is 5.91 Å². The Balaban J connectivity index is 2.73. The van der Waals surface area contributed by atoms with E-state index in [1.807, 2.05) is 32.0 Å². The van der Waals surface area contributed by atoms with Crippen LogP contribution in [0.1, 0.15) is 18.9 Å². The highest BCUT2D eigenvalue weighted by Crippen LogP contribution is 2.21. The fraction of sp³-hybridized carbons (Fsp3) is 0.364. The predicted molar refractivity (Wildman–Crippen MR) is 70.5 cm³/mol. The minimum absolute atomic E-state index is 0.00625. The number of hydrogen-bond donors (Lipinski definition) is 1. The first-order chi connectivity index (χ1) is 7.04. The normalized spacial score (nSPS) is 12.3. The molecular formula is C11H13Br2NO. The summed E-state index contributed by atoms with van der Waals surface area (Å²) in [6.07, 6.45) is 0.777. The molecule has 0 heterocycles. The molecule has 0 aliphatic rings. The number of carbonyl (C=O) groups excluding carboxylic acids is 1. The van der Waals surface area contributed by atoms with Crippen molar-refractivity contribution in [3.63, 3.8) is 0 Å². The molecule has 0 aromatic heterocycles. The number of benzene rings is 1. The summed E-state index contributed by atoms with van der Waals surface area (Å²) >= 11 is 6.74. The number of hydrogen-bond acceptors (Lipinski definition) is 1. The molecule has 2 nitrogen and oxygen atoms in total. The average molecular weight is 335 g/mol. The van der Waals surface area contributed by atoms with Crippen molar-refractivity contribution in [1.29, 1.82) is 0 Å². The summed E-state index contributed by atoms with van der Waals surface area (Å²) in [5, 5.41) is 2.84. The second kappa shape index (κ2) is 5.66. The molecule has 15 heavy (non-hydrogen) atoms. The number of rotatable bonds is 3. The van der Waals surface area contributed by atoms with Crippen LogP contribution in [0, 0.1) is 6.92 Å². The highest BCUT2D eigenvalue weighted by Gasteiger charge is 2.12. The van der Waals surface area contributed by atoms with Crippen LogP contribution in [0.5, 0.6) is 0 Å². The minimum Gasteiger partial charge on any atom is -0.325 e. The molecule has 0 spiro atoms. The molecule has 0 bridgehead atoms. The number of amides is 1. The third kappa shape index (κ3) is 3.61. The largest absolute Gasteiger partial charge is 0.325 e. The second-order valence-electron chi connectivity index (χ2n) is 3.33. The molecule has 0 aliphatic carbocycles. The van der Waals surface area contributed by atoms with Crippen LogP contribution >= 0.6 is 31.9 Å². The number of anilines is 1. The van der Waals surface area contributed by atoms with Crippen LogP contribution in [0.3, 0.4) is 0 Å². The lowest BCUT2D eigenvalue weighted by molar-refractivity contribution is -0.115. The first-order valence-electron chi connectivity index (χ1n) is 4.75. The summed E-state index contributed by atoms with van der Waals surface area (Å²) in [6, 6.07) is 5.77. The molecule has 1 unspecified atom stereocenters. The van der Waals surface area contributed by atoms with Crippen LogP contribution < -0.4 is 5.32 Å². The second-order valence-corrected chi connectivity index (χ2v) is 5.29. The predicted octanol–water partition coefficient (Wildman–Crippen LogP) is 3.87. The van der Waals surface area contributed by atoms with Gasteiger partial charge in [0.05, 0.1) is 4.83 Å². The van der Waals surface area contributed by atoms with Gasteiger partial charge >= 0.3 is 0 Å². The molecule has 0 fully saturated rings. The number of nitrogens with one attached hydrogen (secondary N) is 1. The lowest BCUT2D eigenvalue weighted by Crippen LogP contribution is -2.21. The highest BCUT2D eigenvalue weighted by atomic mass is 79.9. The van der Waals surface area contributed by atoms with Crippen LogP contribution in [0.2, 0.25) is 0 Å². The molecule has 82 valence electrons. The summed E-state index contributed by atoms with van der Waals surface area (Å²) in [5.41, 5.74) is 1.97. The zero-order chi connectivity index (χ0) is 11.4. The van der Waals surface area contributed by atoms with Crippen molar-refractivity contribution in [3.8, 4) is 0 Å². The van der Waals surface area contributed by atoms with Crippen molar-refractivity contribution in [1.82, 2.24) is 0 Å². The van der Waals surface area contributed by atoms with Crippen LogP contribution in [0.25, 0.3) is 0 Å². The number of aryl methyl sites for hydroxylation is 1. The molecule has 0 saturated heterocycles. The molecule has 1 atom stereocenters. The molecule has 4 heteroatoms. The van der Waals surface area contributed by atoms with Crippen molar-refractivity contribution in [2.75, 3.05) is 5.32 Å². The number of halogens is 2. The van der Waals surface area contributed by atoms with E-state index in [1.54, 1.807) is 0 Å². The summed E-state index contributed by atoms with van der Waals surface area (Å²) < 4.78 is 1.00. The zero-order valence-electron chi connectivity index (χ0n) is 8.68. The maximum Gasteiger partial charge on any atom is 0.238 e. The SMILES string of the molecule is CCC(Br)C(=O)Nc1ccc(C)c(Br)c1. The fourth-order valence-corrected chi connectivity index (χ4v) is 1.57. The average Bonchev–Trinajstić information content (AvgIpc) is 2.22. The smallest absolute Gasteiger partial charge is 0.238 e. The molecule has 1 amide bonds. The molecule has 0 saturated carbocycles. The Morgan fingerprint density at radius 2 is 2.20 bits per heavy atom. The Kier molecular flexibility index (Phi) is 4.80. The van der Waals surface area contributed by atoms with Gasteiger partial charge in [-0.1, -0.05) is 44.8 Å². The Morgan fingerprint density at radius 3 is 2.73 bits per heavy atom. The van der Waals surface area contributed by atoms with Gasteiger partial charge in [0.15, 0.2) is 0 Å². The van der Waals surface area contributed by atoms with E-state index in [-0.39, 0.29) is 10.7 Å². The topological polar surface area (TPSA) is 29.1 Å². The van der Waals surface area contributed by atoms with Crippen molar-refractivity contribution in [3.05, 3.63) is 28.2 Å². The third-order valence-corrected chi connectivity index (χ3v) is 4.00. The quantitative estimate of drug-likeness (QED) is 0.835. The van der Waals surface area contributed by atoms with Crippen LogP contribution in [0.4, 0.5) is 5.69 Å². The van der Waals surface area contributed by atoms with Gasteiger partial charge in [-0.3, -0.25) is 4.79 Å². The maximum atomic E-state index is 11.6. The number of alkyl halides is 1. The van der Waals surface area contributed by atoms with E-state index in [9.17, 15) is 4.79 Å². The van der Waals surface area contributed by atoms with Gasteiger partial charge in [-0.2, -0.15) is 0 Å². The van der Waals surface area contributed by atoms with Crippen molar-refractivity contribution >= 4 is 43.5 Å². The summed E-state index contributed by atoms with van der Waals surface area (Å²) in [4.78, 5) is 11.4. The first kappa shape index (κ1) is 12.7. The monoisotopic (exact) mass is 333 g/mol. The van der Waals surface area contributed by atoms with Crippen LogP contribution in [-0.2, 0) is 4.79 Å². The van der Waals surface area contributed by atoms with Crippen LogP contribution in [-0.4, -0.2) is 10.7 Å². The van der Waals surface area contributed by atoms with Gasteiger partial charge in [-0.15, -0.1) is 0 Å². The number of carbonyl (C=O) groups is 1. The van der Waals surface area contributed by atoms with Crippen molar-refractivity contribution < 1.29 is 4.79 Å². The first-order valence-corrected chi connectivity index (χ1v) is 6.46. The Hall–Kier alpha value is -0.350. The van der Waals surface area contributed by atoms with E-state index in [1.165, 1.54) is 0 Å². The molecule has 1 N–H and O–H groups in total. The summed E-state index contributed by atoms with van der Waals surface area (Å²) in [5.74, 6) is -0.00625. The lowest BCUT2D eigenvalue weighted by Gasteiger charge is -2.09. The van der Waals surface area contributed by atoms with Crippen molar-refractivity contribution in [2.45, 2.75) is 25.1 Å². The Morgan fingerprint density at radius 1 is 1.53 bits per heavy atom. The standard InChI is InChI=1S/C11H13Br2NO/c1-3-9(12)11(15)14-8-5-4-7(2)10(13)6-8/h4-6,9H,3H2,1-2H3,(H,14,15). The zero-order valence-corrected chi connectivity index (χ0v) is 11.9. The van der Waals surface area contributed by atoms with Crippen molar-refractivity contribution in [2.24, 2.45) is 0 Å². The third-order valence-electron chi connectivity index (χ3n) is 2.08. The molecular weight excluding hydrogens is 322 g/mol. The van der Waals surface area contributed by atoms with Gasteiger partial charge in [0.25, 0.3) is 0 Å². The van der Waals surface area contributed by atoms with Gasteiger partial charge in [-0.05, 0) is 31.0 Å². The van der Waals surface area contributed by atoms with E-state index in [2.05, 4.69) is 37.2 Å². The van der Waals surface area contributed by atoms with Crippen LogP contribution in [0.15, 0.2) is 22.7 Å². The summed E-state index contributed by atoms with van der Waals surface area (Å²) in [6.45, 7) is 3.97. The van der Waals surface area contributed by atoms with Gasteiger partial charge in [-0.25, -0.2) is 0 Å². The van der Waals surface area contributed by atoms with Gasteiger partial charge in [0.1, 0.15) is 0 Å². The van der Waals surface area contributed by atoms with E-state index in [0.717, 1.165) is 22.1 Å². The lowest BCUT2D eigenvalue weighted by atomic mass is 10.2.